The van der Waals surface area contributed by atoms with Crippen molar-refractivity contribution in [2.75, 3.05) is 13.6 Å². The molecule has 1 aromatic carbocycles. The number of alkyl halides is 1. The molecule has 0 saturated heterocycles. The fourth-order valence-electron chi connectivity index (χ4n) is 1.80. The summed E-state index contributed by atoms with van der Waals surface area (Å²) in [5.74, 6) is 0.801. The van der Waals surface area contributed by atoms with Crippen molar-refractivity contribution in [3.63, 3.8) is 0 Å². The molecule has 0 radical (unpaired) electrons. The average molecular weight is 304 g/mol. The highest BCUT2D eigenvalue weighted by Crippen LogP contribution is 2.14. The summed E-state index contributed by atoms with van der Waals surface area (Å²) < 4.78 is 25.9. The highest BCUT2D eigenvalue weighted by atomic mass is 35.5. The molecule has 3 nitrogen and oxygen atoms in total. The number of hydrogen-bond acceptors (Lipinski definition) is 2. The summed E-state index contributed by atoms with van der Waals surface area (Å²) in [7, 11) is -1.61. The first-order valence-corrected chi connectivity index (χ1v) is 8.61. The van der Waals surface area contributed by atoms with Crippen molar-refractivity contribution in [3.8, 4) is 0 Å². The van der Waals surface area contributed by atoms with Crippen LogP contribution in [-0.2, 0) is 21.7 Å². The van der Waals surface area contributed by atoms with E-state index in [2.05, 4.69) is 13.8 Å². The van der Waals surface area contributed by atoms with Gasteiger partial charge in [-0.15, -0.1) is 11.6 Å². The molecule has 0 N–H and O–H groups in total. The van der Waals surface area contributed by atoms with Crippen molar-refractivity contribution >= 4 is 21.6 Å². The summed E-state index contributed by atoms with van der Waals surface area (Å²) >= 11 is 5.76. The predicted octanol–water partition coefficient (Wildman–Crippen LogP) is 3.23. The Labute approximate surface area is 121 Å². The fourth-order valence-corrected chi connectivity index (χ4v) is 3.27. The van der Waals surface area contributed by atoms with E-state index in [0.717, 1.165) is 17.5 Å². The molecule has 108 valence electrons. The minimum Gasteiger partial charge on any atom is -0.212 e. The molecule has 0 bridgehead atoms. The molecule has 5 heteroatoms. The monoisotopic (exact) mass is 303 g/mol. The lowest BCUT2D eigenvalue weighted by molar-refractivity contribution is 0.393. The Kier molecular flexibility index (Phi) is 6.30. The number of nitrogens with zero attached hydrogens (tertiary/aromatic N) is 1. The van der Waals surface area contributed by atoms with Gasteiger partial charge in [0, 0.05) is 19.5 Å². The van der Waals surface area contributed by atoms with Crippen molar-refractivity contribution in [2.24, 2.45) is 5.92 Å². The van der Waals surface area contributed by atoms with E-state index in [1.807, 2.05) is 24.3 Å². The predicted molar refractivity (Wildman–Crippen MR) is 80.7 cm³/mol. The Morgan fingerprint density at radius 2 is 1.95 bits per heavy atom. The Hall–Kier alpha value is -0.580. The van der Waals surface area contributed by atoms with Crippen molar-refractivity contribution in [3.05, 3.63) is 35.4 Å². The zero-order valence-electron chi connectivity index (χ0n) is 11.8. The summed E-state index contributed by atoms with van der Waals surface area (Å²) in [4.78, 5) is 0. The van der Waals surface area contributed by atoms with E-state index in [1.54, 1.807) is 7.05 Å². The standard InChI is InChI=1S/C14H22ClNO2S/c1-4-12(2)10-16(3)19(17,18)11-14-7-5-6-13(8-14)9-15/h5-8,12H,4,9-11H2,1-3H3. The van der Waals surface area contributed by atoms with Crippen LogP contribution in [0.15, 0.2) is 24.3 Å². The summed E-state index contributed by atoms with van der Waals surface area (Å²) in [5.41, 5.74) is 1.73. The van der Waals surface area contributed by atoms with E-state index in [4.69, 9.17) is 11.6 Å². The highest BCUT2D eigenvalue weighted by Gasteiger charge is 2.20. The Balaban J connectivity index is 2.78. The maximum absolute atomic E-state index is 12.2. The second kappa shape index (κ2) is 7.27. The van der Waals surface area contributed by atoms with Crippen LogP contribution in [0.1, 0.15) is 31.4 Å². The number of halogens is 1. The molecule has 0 fully saturated rings. The van der Waals surface area contributed by atoms with Crippen molar-refractivity contribution in [2.45, 2.75) is 31.9 Å². The van der Waals surface area contributed by atoms with Gasteiger partial charge in [0.25, 0.3) is 0 Å². The maximum Gasteiger partial charge on any atom is 0.218 e. The smallest absolute Gasteiger partial charge is 0.212 e. The molecule has 1 atom stereocenters. The second-order valence-electron chi connectivity index (χ2n) is 5.00. The van der Waals surface area contributed by atoms with Gasteiger partial charge < -0.3 is 0 Å². The number of rotatable bonds is 7. The van der Waals surface area contributed by atoms with E-state index in [-0.39, 0.29) is 5.75 Å². The minimum atomic E-state index is -3.25. The molecule has 0 aliphatic carbocycles. The van der Waals surface area contributed by atoms with Crippen LogP contribution < -0.4 is 0 Å². The van der Waals surface area contributed by atoms with Gasteiger partial charge in [0.05, 0.1) is 5.75 Å². The molecule has 1 aromatic rings. The topological polar surface area (TPSA) is 37.4 Å². The van der Waals surface area contributed by atoms with Crippen LogP contribution in [0.4, 0.5) is 0 Å². The summed E-state index contributed by atoms with van der Waals surface area (Å²) in [6.07, 6.45) is 0.974. The average Bonchev–Trinajstić information content (AvgIpc) is 2.38. The summed E-state index contributed by atoms with van der Waals surface area (Å²) in [5, 5.41) is 0. The van der Waals surface area contributed by atoms with Gasteiger partial charge in [-0.1, -0.05) is 44.5 Å². The van der Waals surface area contributed by atoms with Gasteiger partial charge in [0.15, 0.2) is 0 Å². The van der Waals surface area contributed by atoms with Crippen LogP contribution >= 0.6 is 11.6 Å². The van der Waals surface area contributed by atoms with E-state index >= 15 is 0 Å². The normalized spacial score (nSPS) is 13.7. The number of sulfonamides is 1. The first-order chi connectivity index (χ1) is 8.89. The van der Waals surface area contributed by atoms with Gasteiger partial charge in [-0.3, -0.25) is 0 Å². The lowest BCUT2D eigenvalue weighted by Crippen LogP contribution is -2.32. The van der Waals surface area contributed by atoms with Crippen LogP contribution in [0.3, 0.4) is 0 Å². The third-order valence-corrected chi connectivity index (χ3v) is 5.34. The van der Waals surface area contributed by atoms with Crippen molar-refractivity contribution in [1.29, 1.82) is 0 Å². The zero-order chi connectivity index (χ0) is 14.5. The largest absolute Gasteiger partial charge is 0.218 e. The molecule has 19 heavy (non-hydrogen) atoms. The highest BCUT2D eigenvalue weighted by molar-refractivity contribution is 7.88. The molecule has 0 aliphatic heterocycles. The van der Waals surface area contributed by atoms with Crippen LogP contribution in [-0.4, -0.2) is 26.3 Å². The van der Waals surface area contributed by atoms with E-state index in [0.29, 0.717) is 18.3 Å². The van der Waals surface area contributed by atoms with Crippen LogP contribution in [0.2, 0.25) is 0 Å². The number of benzene rings is 1. The first kappa shape index (κ1) is 16.5. The lowest BCUT2D eigenvalue weighted by Gasteiger charge is -2.20. The lowest BCUT2D eigenvalue weighted by atomic mass is 10.1. The van der Waals surface area contributed by atoms with Crippen molar-refractivity contribution in [1.82, 2.24) is 4.31 Å². The van der Waals surface area contributed by atoms with Gasteiger partial charge in [0.2, 0.25) is 10.0 Å². The Bertz CT molecular complexity index is 502. The molecule has 0 heterocycles. The Morgan fingerprint density at radius 3 is 2.53 bits per heavy atom. The van der Waals surface area contributed by atoms with E-state index < -0.39 is 10.0 Å². The van der Waals surface area contributed by atoms with Gasteiger partial charge in [-0.25, -0.2) is 12.7 Å². The van der Waals surface area contributed by atoms with Crippen LogP contribution in [0.25, 0.3) is 0 Å². The SMILES string of the molecule is CCC(C)CN(C)S(=O)(=O)Cc1cccc(CCl)c1. The van der Waals surface area contributed by atoms with Gasteiger partial charge in [0.1, 0.15) is 0 Å². The molecule has 1 rings (SSSR count). The quantitative estimate of drug-likeness (QED) is 0.725. The minimum absolute atomic E-state index is 0.0324. The van der Waals surface area contributed by atoms with Gasteiger partial charge in [-0.2, -0.15) is 0 Å². The molecule has 0 saturated carbocycles. The summed E-state index contributed by atoms with van der Waals surface area (Å²) in [6, 6.07) is 7.41. The molecule has 0 spiro atoms. The molecule has 0 aliphatic rings. The molecular formula is C14H22ClNO2S. The molecule has 1 unspecified atom stereocenters. The van der Waals surface area contributed by atoms with Crippen molar-refractivity contribution < 1.29 is 8.42 Å². The number of hydrogen-bond donors (Lipinski definition) is 0. The third kappa shape index (κ3) is 5.13. The molecule has 0 amide bonds. The first-order valence-electron chi connectivity index (χ1n) is 6.46. The van der Waals surface area contributed by atoms with E-state index in [9.17, 15) is 8.42 Å². The van der Waals surface area contributed by atoms with Gasteiger partial charge >= 0.3 is 0 Å². The fraction of sp³-hybridized carbons (Fsp3) is 0.571. The molecular weight excluding hydrogens is 282 g/mol. The zero-order valence-corrected chi connectivity index (χ0v) is 13.3. The third-order valence-electron chi connectivity index (χ3n) is 3.24. The molecule has 0 aromatic heterocycles. The summed E-state index contributed by atoms with van der Waals surface area (Å²) in [6.45, 7) is 4.68. The Morgan fingerprint density at radius 1 is 1.32 bits per heavy atom. The second-order valence-corrected chi connectivity index (χ2v) is 7.35. The van der Waals surface area contributed by atoms with Gasteiger partial charge in [-0.05, 0) is 17.0 Å². The van der Waals surface area contributed by atoms with Crippen LogP contribution in [0.5, 0.6) is 0 Å². The van der Waals surface area contributed by atoms with E-state index in [1.165, 1.54) is 4.31 Å². The maximum atomic E-state index is 12.2. The van der Waals surface area contributed by atoms with Crippen LogP contribution in [0, 0.1) is 5.92 Å².